The molecular formula is C23H29N3O2. The molecular weight excluding hydrogens is 350 g/mol. The zero-order valence-electron chi connectivity index (χ0n) is 17.2. The van der Waals surface area contributed by atoms with E-state index in [2.05, 4.69) is 37.4 Å². The van der Waals surface area contributed by atoms with Gasteiger partial charge in [0, 0.05) is 36.9 Å². The van der Waals surface area contributed by atoms with E-state index in [0.29, 0.717) is 13.1 Å². The summed E-state index contributed by atoms with van der Waals surface area (Å²) in [7, 11) is 0. The first-order valence-electron chi connectivity index (χ1n) is 9.88. The monoisotopic (exact) mass is 379 g/mol. The fraction of sp³-hybridized carbons (Fsp3) is 0.391. The van der Waals surface area contributed by atoms with Crippen LogP contribution in [0.5, 0.6) is 0 Å². The van der Waals surface area contributed by atoms with Gasteiger partial charge in [-0.05, 0) is 55.2 Å². The number of nitrogens with zero attached hydrogens (tertiary/aromatic N) is 2. The van der Waals surface area contributed by atoms with Crippen molar-refractivity contribution in [3.8, 4) is 0 Å². The first-order valence-corrected chi connectivity index (χ1v) is 9.88. The highest BCUT2D eigenvalue weighted by Gasteiger charge is 2.27. The third-order valence-electron chi connectivity index (χ3n) is 5.21. The number of hydrogen-bond acceptors (Lipinski definition) is 2. The largest absolute Gasteiger partial charge is 0.326 e. The van der Waals surface area contributed by atoms with Crippen LogP contribution in [0.3, 0.4) is 0 Å². The molecule has 0 saturated carbocycles. The molecule has 2 aromatic carbocycles. The predicted molar refractivity (Wildman–Crippen MR) is 114 cm³/mol. The van der Waals surface area contributed by atoms with Crippen LogP contribution in [-0.4, -0.2) is 29.9 Å². The number of rotatable bonds is 5. The summed E-state index contributed by atoms with van der Waals surface area (Å²) in [5.41, 5.74) is 5.19. The molecule has 1 aliphatic heterocycles. The summed E-state index contributed by atoms with van der Waals surface area (Å²) in [5, 5.41) is 2.91. The Balaban J connectivity index is 1.75. The summed E-state index contributed by atoms with van der Waals surface area (Å²) >= 11 is 0. The van der Waals surface area contributed by atoms with Crippen LogP contribution in [0.1, 0.15) is 37.0 Å². The number of aryl methyl sites for hydroxylation is 2. The maximum atomic E-state index is 13.1. The number of anilines is 2. The Hall–Kier alpha value is -2.82. The van der Waals surface area contributed by atoms with E-state index in [-0.39, 0.29) is 17.9 Å². The molecule has 0 aliphatic carbocycles. The first kappa shape index (κ1) is 19.9. The Morgan fingerprint density at radius 1 is 1.07 bits per heavy atom. The molecule has 1 heterocycles. The first-order chi connectivity index (χ1) is 13.3. The highest BCUT2D eigenvalue weighted by molar-refractivity contribution is 5.95. The molecule has 148 valence electrons. The molecule has 2 aromatic rings. The minimum absolute atomic E-state index is 0.0109. The van der Waals surface area contributed by atoms with E-state index in [9.17, 15) is 9.59 Å². The quantitative estimate of drug-likeness (QED) is 0.816. The Kier molecular flexibility index (Phi) is 6.02. The summed E-state index contributed by atoms with van der Waals surface area (Å²) in [6.45, 7) is 9.96. The molecule has 0 aromatic heterocycles. The van der Waals surface area contributed by atoms with Crippen LogP contribution >= 0.6 is 0 Å². The van der Waals surface area contributed by atoms with Crippen molar-refractivity contribution in [2.24, 2.45) is 5.92 Å². The molecule has 0 radical (unpaired) electrons. The van der Waals surface area contributed by atoms with Crippen molar-refractivity contribution in [1.29, 1.82) is 0 Å². The second kappa shape index (κ2) is 8.46. The van der Waals surface area contributed by atoms with E-state index in [1.165, 1.54) is 11.1 Å². The molecule has 5 nitrogen and oxygen atoms in total. The number of hydrogen-bond donors (Lipinski definition) is 1. The maximum Gasteiger partial charge on any atom is 0.324 e. The molecule has 3 rings (SSSR count). The molecule has 1 aliphatic rings. The van der Waals surface area contributed by atoms with Crippen LogP contribution in [0.4, 0.5) is 16.2 Å². The lowest BCUT2D eigenvalue weighted by Crippen LogP contribution is -2.49. The zero-order valence-corrected chi connectivity index (χ0v) is 17.2. The van der Waals surface area contributed by atoms with Crippen LogP contribution in [0, 0.1) is 19.8 Å². The second-order valence-electron chi connectivity index (χ2n) is 7.82. The molecule has 5 heteroatoms. The van der Waals surface area contributed by atoms with Crippen LogP contribution in [0.25, 0.3) is 0 Å². The van der Waals surface area contributed by atoms with Crippen molar-refractivity contribution in [1.82, 2.24) is 4.90 Å². The van der Waals surface area contributed by atoms with Gasteiger partial charge in [0.15, 0.2) is 0 Å². The van der Waals surface area contributed by atoms with Crippen molar-refractivity contribution in [2.45, 2.75) is 40.7 Å². The zero-order chi connectivity index (χ0) is 20.3. The maximum absolute atomic E-state index is 13.1. The lowest BCUT2D eigenvalue weighted by molar-refractivity contribution is -0.118. The third-order valence-corrected chi connectivity index (χ3v) is 5.21. The van der Waals surface area contributed by atoms with Gasteiger partial charge in [0.2, 0.25) is 5.91 Å². The van der Waals surface area contributed by atoms with Crippen molar-refractivity contribution in [3.63, 3.8) is 0 Å². The van der Waals surface area contributed by atoms with E-state index in [1.807, 2.05) is 43.0 Å². The van der Waals surface area contributed by atoms with Gasteiger partial charge in [-0.15, -0.1) is 0 Å². The number of carbonyl (C=O) groups is 2. The number of nitrogens with one attached hydrogen (secondary N) is 1. The molecule has 0 spiro atoms. The number of urea groups is 1. The highest BCUT2D eigenvalue weighted by atomic mass is 16.2. The lowest BCUT2D eigenvalue weighted by Gasteiger charge is -2.36. The predicted octanol–water partition coefficient (Wildman–Crippen LogP) is 4.73. The molecule has 1 fully saturated rings. The van der Waals surface area contributed by atoms with Crippen molar-refractivity contribution >= 4 is 23.3 Å². The van der Waals surface area contributed by atoms with Crippen LogP contribution in [-0.2, 0) is 11.3 Å². The van der Waals surface area contributed by atoms with Crippen LogP contribution in [0.2, 0.25) is 0 Å². The lowest BCUT2D eigenvalue weighted by atomic mass is 10.1. The highest BCUT2D eigenvalue weighted by Crippen LogP contribution is 2.25. The smallest absolute Gasteiger partial charge is 0.324 e. The van der Waals surface area contributed by atoms with Gasteiger partial charge < -0.3 is 10.2 Å². The molecule has 0 unspecified atom stereocenters. The van der Waals surface area contributed by atoms with Gasteiger partial charge in [0.1, 0.15) is 0 Å². The van der Waals surface area contributed by atoms with E-state index in [0.717, 1.165) is 29.9 Å². The van der Waals surface area contributed by atoms with Gasteiger partial charge in [-0.3, -0.25) is 9.69 Å². The Morgan fingerprint density at radius 2 is 1.86 bits per heavy atom. The summed E-state index contributed by atoms with van der Waals surface area (Å²) in [6, 6.07) is 13.9. The summed E-state index contributed by atoms with van der Waals surface area (Å²) in [4.78, 5) is 28.8. The van der Waals surface area contributed by atoms with E-state index >= 15 is 0 Å². The Morgan fingerprint density at radius 3 is 2.57 bits per heavy atom. The van der Waals surface area contributed by atoms with Crippen LogP contribution < -0.4 is 10.2 Å². The van der Waals surface area contributed by atoms with E-state index < -0.39 is 0 Å². The average molecular weight is 380 g/mol. The van der Waals surface area contributed by atoms with Crippen LogP contribution in [0.15, 0.2) is 42.5 Å². The second-order valence-corrected chi connectivity index (χ2v) is 7.82. The SMILES string of the molecule is Cc1ccc(CN2CCCN(c3cccc(NC(=O)C(C)C)c3)C2=O)cc1C. The minimum atomic E-state index is -0.0891. The normalized spacial score (nSPS) is 14.5. The topological polar surface area (TPSA) is 52.6 Å². The molecule has 3 amide bonds. The van der Waals surface area contributed by atoms with Gasteiger partial charge in [0.05, 0.1) is 0 Å². The molecule has 1 saturated heterocycles. The number of carbonyl (C=O) groups excluding carboxylic acids is 2. The third kappa shape index (κ3) is 4.53. The summed E-state index contributed by atoms with van der Waals surface area (Å²) < 4.78 is 0. The molecule has 0 bridgehead atoms. The average Bonchev–Trinajstić information content (AvgIpc) is 2.66. The Labute approximate surface area is 167 Å². The summed E-state index contributed by atoms with van der Waals surface area (Å²) in [6.07, 6.45) is 0.916. The summed E-state index contributed by atoms with van der Waals surface area (Å²) in [5.74, 6) is -0.118. The standard InChI is InChI=1S/C23H29N3O2/c1-16(2)22(27)24-20-7-5-8-21(14-20)26-12-6-11-25(23(26)28)15-19-10-9-17(3)18(4)13-19/h5,7-10,13-14,16H,6,11-12,15H2,1-4H3,(H,24,27). The van der Waals surface area contributed by atoms with Gasteiger partial charge in [0.25, 0.3) is 0 Å². The van der Waals surface area contributed by atoms with E-state index in [1.54, 1.807) is 4.90 Å². The van der Waals surface area contributed by atoms with Gasteiger partial charge in [-0.25, -0.2) is 4.79 Å². The van der Waals surface area contributed by atoms with Crippen molar-refractivity contribution in [3.05, 3.63) is 59.2 Å². The molecule has 0 atom stereocenters. The van der Waals surface area contributed by atoms with Crippen molar-refractivity contribution in [2.75, 3.05) is 23.3 Å². The minimum Gasteiger partial charge on any atom is -0.326 e. The van der Waals surface area contributed by atoms with E-state index in [4.69, 9.17) is 0 Å². The Bertz CT molecular complexity index is 876. The fourth-order valence-corrected chi connectivity index (χ4v) is 3.33. The number of amides is 3. The molecule has 1 N–H and O–H groups in total. The van der Waals surface area contributed by atoms with Gasteiger partial charge in [-0.2, -0.15) is 0 Å². The number of benzene rings is 2. The van der Waals surface area contributed by atoms with Gasteiger partial charge in [-0.1, -0.05) is 38.1 Å². The van der Waals surface area contributed by atoms with Gasteiger partial charge >= 0.3 is 6.03 Å². The van der Waals surface area contributed by atoms with Crippen molar-refractivity contribution < 1.29 is 9.59 Å². The molecule has 28 heavy (non-hydrogen) atoms. The fourth-order valence-electron chi connectivity index (χ4n) is 3.33.